The van der Waals surface area contributed by atoms with Crippen molar-refractivity contribution in [3.05, 3.63) is 115 Å². The summed E-state index contributed by atoms with van der Waals surface area (Å²) in [4.78, 5) is 94.8. The fourth-order valence-corrected chi connectivity index (χ4v) is 9.45. The number of Topliss-reactive ketones (excluding diaryl/α,β-unsaturated/α-hetero) is 1. The van der Waals surface area contributed by atoms with Crippen LogP contribution in [0.3, 0.4) is 0 Å². The van der Waals surface area contributed by atoms with Crippen molar-refractivity contribution < 1.29 is 68.9 Å². The largest absolute Gasteiger partial charge is 0.507 e. The van der Waals surface area contributed by atoms with E-state index in [1.165, 1.54) is 30.4 Å². The van der Waals surface area contributed by atoms with Gasteiger partial charge in [0.15, 0.2) is 23.6 Å². The van der Waals surface area contributed by atoms with Gasteiger partial charge in [0.2, 0.25) is 0 Å². The first kappa shape index (κ1) is 49.0. The normalized spacial score (nSPS) is 22.2. The van der Waals surface area contributed by atoms with Gasteiger partial charge in [0.1, 0.15) is 29.0 Å². The molecular formula is C47H49N5O15S. The summed E-state index contributed by atoms with van der Waals surface area (Å²) in [6.07, 6.45) is -4.94. The summed E-state index contributed by atoms with van der Waals surface area (Å²) in [6, 6.07) is 12.9. The van der Waals surface area contributed by atoms with Gasteiger partial charge < -0.3 is 61.0 Å². The van der Waals surface area contributed by atoms with Crippen molar-refractivity contribution in [1.82, 2.24) is 15.3 Å². The second kappa shape index (κ2) is 19.4. The number of anilines is 1. The number of thiophene rings is 1. The van der Waals surface area contributed by atoms with E-state index in [1.54, 1.807) is 50.2 Å². The van der Waals surface area contributed by atoms with Gasteiger partial charge in [-0.25, -0.2) is 9.78 Å². The molecule has 2 aromatic heterocycles. The summed E-state index contributed by atoms with van der Waals surface area (Å²) >= 11 is 1.18. The number of aliphatic carboxylic acids is 2. The number of carboxylic acid groups (broad SMARTS) is 2. The third-order valence-corrected chi connectivity index (χ3v) is 13.4. The molecule has 358 valence electrons. The number of phenolic OH excluding ortho intramolecular Hbond substituents is 2. The van der Waals surface area contributed by atoms with Crippen molar-refractivity contribution in [3.8, 4) is 11.5 Å². The average molecular weight is 956 g/mol. The average Bonchev–Trinajstić information content (AvgIpc) is 3.78. The number of amides is 1. The number of ether oxygens (including phenoxy) is 2. The van der Waals surface area contributed by atoms with Crippen LogP contribution >= 0.6 is 11.3 Å². The third kappa shape index (κ3) is 9.75. The third-order valence-electron chi connectivity index (χ3n) is 12.2. The highest BCUT2D eigenvalue weighted by atomic mass is 32.1. The Kier molecular flexibility index (Phi) is 14.0. The molecule has 10 N–H and O–H groups in total. The molecular weight excluding hydrogens is 907 g/mol. The number of rotatable bonds is 12. The quantitative estimate of drug-likeness (QED) is 0.0796. The summed E-state index contributed by atoms with van der Waals surface area (Å²) in [6.45, 7) is 5.00. The van der Waals surface area contributed by atoms with Gasteiger partial charge in [0.05, 0.1) is 50.2 Å². The Morgan fingerprint density at radius 1 is 1.03 bits per heavy atom. The van der Waals surface area contributed by atoms with Crippen molar-refractivity contribution in [1.29, 1.82) is 0 Å². The molecule has 0 unspecified atom stereocenters. The number of benzene rings is 3. The van der Waals surface area contributed by atoms with E-state index >= 15 is 0 Å². The lowest BCUT2D eigenvalue weighted by Crippen LogP contribution is -2.52. The summed E-state index contributed by atoms with van der Waals surface area (Å²) in [7, 11) is 1.84. The van der Waals surface area contributed by atoms with E-state index in [0.717, 1.165) is 10.6 Å². The van der Waals surface area contributed by atoms with Crippen LogP contribution < -0.4 is 21.5 Å². The van der Waals surface area contributed by atoms with E-state index in [-0.39, 0.29) is 64.6 Å². The van der Waals surface area contributed by atoms with Crippen LogP contribution in [-0.2, 0) is 36.8 Å². The fourth-order valence-electron chi connectivity index (χ4n) is 8.59. The summed E-state index contributed by atoms with van der Waals surface area (Å²) in [5, 5.41) is 65.4. The van der Waals surface area contributed by atoms with Gasteiger partial charge in [0.25, 0.3) is 11.5 Å². The smallest absolute Gasteiger partial charge is 0.326 e. The molecule has 0 spiro atoms. The zero-order valence-corrected chi connectivity index (χ0v) is 38.0. The number of hydrogen-bond donors (Lipinski definition) is 9. The predicted octanol–water partition coefficient (Wildman–Crippen LogP) is 3.00. The Hall–Kier alpha value is -6.88. The molecule has 3 heterocycles. The molecule has 5 aromatic rings. The first-order valence-corrected chi connectivity index (χ1v) is 22.2. The van der Waals surface area contributed by atoms with Gasteiger partial charge in [-0.2, -0.15) is 0 Å². The summed E-state index contributed by atoms with van der Waals surface area (Å²) < 4.78 is 11.8. The Morgan fingerprint density at radius 2 is 1.69 bits per heavy atom. The maximum Gasteiger partial charge on any atom is 0.326 e. The molecule has 3 aliphatic rings. The monoisotopic (exact) mass is 955 g/mol. The highest BCUT2D eigenvalue weighted by Crippen LogP contribution is 2.52. The number of fused-ring (bicyclic) bond motifs is 4. The van der Waals surface area contributed by atoms with Crippen LogP contribution in [0, 0.1) is 6.92 Å². The number of hydrogen-bond acceptors (Lipinski definition) is 17. The van der Waals surface area contributed by atoms with Crippen LogP contribution in [0.1, 0.15) is 110 Å². The number of carboxylic acids is 2. The minimum Gasteiger partial charge on any atom is -0.507 e. The molecule has 3 aromatic carbocycles. The molecule has 20 nitrogen and oxygen atoms in total. The number of carbonyl (C=O) groups excluding carboxylic acids is 4. The maximum absolute atomic E-state index is 13.3. The number of nitrogens with zero attached hydrogens (tertiary/aromatic N) is 2. The van der Waals surface area contributed by atoms with Crippen LogP contribution in [0.15, 0.2) is 59.4 Å². The minimum atomic E-state index is -1.97. The first-order valence-electron chi connectivity index (χ1n) is 21.4. The van der Waals surface area contributed by atoms with Gasteiger partial charge >= 0.3 is 11.9 Å². The predicted molar refractivity (Wildman–Crippen MR) is 243 cm³/mol. The van der Waals surface area contributed by atoms with Gasteiger partial charge in [-0.1, -0.05) is 30.3 Å². The molecule has 8 rings (SSSR count). The van der Waals surface area contributed by atoms with Crippen molar-refractivity contribution in [3.63, 3.8) is 0 Å². The fraction of sp³-hybridized carbons (Fsp3) is 0.362. The number of nitrogens with one attached hydrogen (secondary N) is 2. The Morgan fingerprint density at radius 3 is 2.31 bits per heavy atom. The molecule has 1 aliphatic heterocycles. The first-order chi connectivity index (χ1) is 32.1. The molecule has 0 saturated carbocycles. The zero-order valence-electron chi connectivity index (χ0n) is 37.1. The molecule has 1 saturated heterocycles. The second-order valence-electron chi connectivity index (χ2n) is 17.1. The van der Waals surface area contributed by atoms with Crippen LogP contribution in [0.2, 0.25) is 0 Å². The molecule has 7 atom stereocenters. The van der Waals surface area contributed by atoms with Gasteiger partial charge in [0, 0.05) is 67.6 Å². The number of aryl methyl sites for hydroxylation is 1. The van der Waals surface area contributed by atoms with Crippen molar-refractivity contribution in [2.75, 3.05) is 11.9 Å². The van der Waals surface area contributed by atoms with E-state index in [2.05, 4.69) is 15.3 Å². The second-order valence-corrected chi connectivity index (χ2v) is 18.2. The molecule has 68 heavy (non-hydrogen) atoms. The topological polar surface area (TPSA) is 329 Å². The molecule has 0 radical (unpaired) electrons. The highest BCUT2D eigenvalue weighted by Gasteiger charge is 2.49. The van der Waals surface area contributed by atoms with Crippen LogP contribution in [0.25, 0.3) is 10.9 Å². The van der Waals surface area contributed by atoms with Crippen LogP contribution in [-0.4, -0.2) is 119 Å². The number of carbonyl (C=O) groups is 6. The number of phenols is 2. The maximum atomic E-state index is 13.3. The van der Waals surface area contributed by atoms with Gasteiger partial charge in [-0.3, -0.25) is 28.8 Å². The SMILES string of the molecule is CC(=O)[C@]1(O)Cc2c(O)c3c(c(O)c2[C@@H](O[C@H]2C[C@H](N)[C@H](O)[C@H](C)O2)C1)C(=O)c1ccccc1C3=O.Cc1nc2ccc(CN(C)c3ccc(C(=O)N[C@@H](CCC(=O)O)C(=O)O)s3)cc2c(=O)[nH]1. The number of ketones is 3. The number of aromatic hydroxyl groups is 2. The highest BCUT2D eigenvalue weighted by molar-refractivity contribution is 7.18. The summed E-state index contributed by atoms with van der Waals surface area (Å²) in [5.41, 5.74) is 4.67. The van der Waals surface area contributed by atoms with Crippen molar-refractivity contribution >= 4 is 62.4 Å². The lowest BCUT2D eigenvalue weighted by Gasteiger charge is -2.42. The zero-order chi connectivity index (χ0) is 49.5. The number of H-pyrrole nitrogens is 1. The van der Waals surface area contributed by atoms with Gasteiger partial charge in [-0.05, 0) is 57.0 Å². The number of aliphatic hydroxyl groups is 2. The van der Waals surface area contributed by atoms with Crippen LogP contribution in [0.4, 0.5) is 5.00 Å². The Bertz CT molecular complexity index is 2920. The number of aliphatic hydroxyl groups excluding tert-OH is 1. The lowest BCUT2D eigenvalue weighted by molar-refractivity contribution is -0.247. The van der Waals surface area contributed by atoms with Gasteiger partial charge in [-0.15, -0.1) is 11.3 Å². The van der Waals surface area contributed by atoms with E-state index in [0.29, 0.717) is 28.1 Å². The number of aromatic nitrogens is 2. The Balaban J connectivity index is 0.000000203. The molecule has 0 bridgehead atoms. The molecule has 1 amide bonds. The summed E-state index contributed by atoms with van der Waals surface area (Å²) in [5.74, 6) is -5.51. The molecule has 21 heteroatoms. The minimum absolute atomic E-state index is 0.00588. The van der Waals surface area contributed by atoms with Crippen LogP contribution in [0.5, 0.6) is 11.5 Å². The molecule has 2 aliphatic carbocycles. The number of aromatic amines is 1. The van der Waals surface area contributed by atoms with E-state index in [9.17, 15) is 59.1 Å². The van der Waals surface area contributed by atoms with Crippen molar-refractivity contribution in [2.24, 2.45) is 5.73 Å². The number of nitrogens with two attached hydrogens (primary N) is 1. The van der Waals surface area contributed by atoms with E-state index < -0.39 is 95.4 Å². The lowest BCUT2D eigenvalue weighted by atomic mass is 9.72. The van der Waals surface area contributed by atoms with E-state index in [1.807, 2.05) is 18.0 Å². The molecule has 1 fully saturated rings. The van der Waals surface area contributed by atoms with E-state index in [4.69, 9.17) is 20.3 Å². The van der Waals surface area contributed by atoms with Crippen molar-refractivity contribution in [2.45, 2.75) is 102 Å². The Labute approximate surface area is 391 Å². The standard InChI is InChI=1S/C26H27NO9.C21H22N4O6S/c1-10-21(29)15(27)7-17(35-10)36-16-9-26(34,11(2)28)8-14-18(16)25(33)20-19(24(14)32)22(30)12-5-3-4-6-13(12)23(20)31;1-11-22-14-4-3-12(9-13(14)19(28)23-11)10-25(2)17-7-6-16(32-17)20(29)24-15(21(30)31)5-8-18(26)27/h3-6,10,15-17,21,29,32-34H,7-9,27H2,1-2H3;3-4,6-7,9,15H,5,8,10H2,1-2H3,(H,24,29)(H,26,27)(H,30,31)(H,22,23,28)/t10-,15-,16-,17-,21+,26-;15-/m00/s1.